The first-order valence-corrected chi connectivity index (χ1v) is 7.95. The van der Waals surface area contributed by atoms with Crippen molar-refractivity contribution in [3.63, 3.8) is 0 Å². The average molecular weight is 393 g/mol. The van der Waals surface area contributed by atoms with Crippen LogP contribution in [0, 0.1) is 0 Å². The number of rotatable bonds is 1. The summed E-state index contributed by atoms with van der Waals surface area (Å²) in [5.41, 5.74) is 2.81. The van der Waals surface area contributed by atoms with Crippen LogP contribution >= 0.6 is 24.4 Å². The number of hydrogen-bond acceptors (Lipinski definition) is 7. The van der Waals surface area contributed by atoms with Crippen LogP contribution in [0.3, 0.4) is 0 Å². The van der Waals surface area contributed by atoms with E-state index in [4.69, 9.17) is 56.5 Å². The molecular formula is C7H11MoN3O2S4. The molecule has 1 N–H and O–H groups in total. The predicted octanol–water partition coefficient (Wildman–Crippen LogP) is 0.617. The first-order chi connectivity index (χ1) is 8.02. The van der Waals surface area contributed by atoms with Crippen molar-refractivity contribution >= 4 is 58.3 Å². The number of hydrogen-bond donors (Lipinski definition) is 1. The van der Waals surface area contributed by atoms with Crippen LogP contribution in [0.2, 0.25) is 0 Å². The minimum atomic E-state index is -2.03. The van der Waals surface area contributed by atoms with E-state index in [1.165, 1.54) is 6.42 Å². The van der Waals surface area contributed by atoms with E-state index >= 15 is 0 Å². The fraction of sp³-hybridized carbons (Fsp3) is 0.714. The van der Waals surface area contributed by atoms with E-state index in [0.717, 1.165) is 25.9 Å². The molecule has 1 aliphatic rings. The molecule has 0 unspecified atom stereocenters. The average Bonchev–Trinajstić information content (AvgIpc) is 2.27. The van der Waals surface area contributed by atoms with Gasteiger partial charge in [0.1, 0.15) is 0 Å². The Morgan fingerprint density at radius 2 is 1.65 bits per heavy atom. The Morgan fingerprint density at radius 3 is 2.00 bits per heavy atom. The van der Waals surface area contributed by atoms with Gasteiger partial charge in [-0.3, -0.25) is 0 Å². The third-order valence-electron chi connectivity index (χ3n) is 1.99. The monoisotopic (exact) mass is 395 g/mol. The van der Waals surface area contributed by atoms with Crippen LogP contribution in [-0.4, -0.2) is 31.9 Å². The molecule has 0 aliphatic carbocycles. The van der Waals surface area contributed by atoms with Crippen molar-refractivity contribution in [2.75, 3.05) is 13.1 Å². The van der Waals surface area contributed by atoms with Crippen molar-refractivity contribution in [2.24, 2.45) is 0 Å². The van der Waals surface area contributed by atoms with Crippen LogP contribution < -0.4 is 5.43 Å². The Labute approximate surface area is 131 Å². The third-order valence-corrected chi connectivity index (χ3v) is 2.51. The molecule has 1 rings (SSSR count). The molecule has 1 fully saturated rings. The molecule has 1 heterocycles. The summed E-state index contributed by atoms with van der Waals surface area (Å²) < 4.78 is 17.6. The molecule has 0 saturated carbocycles. The van der Waals surface area contributed by atoms with Crippen LogP contribution in [0.25, 0.3) is 0 Å². The Kier molecular flexibility index (Phi) is 10.7. The molecule has 17 heavy (non-hydrogen) atoms. The van der Waals surface area contributed by atoms with E-state index < -0.39 is 18.5 Å². The fourth-order valence-corrected chi connectivity index (χ4v) is 1.89. The summed E-state index contributed by atoms with van der Waals surface area (Å²) >= 11 is 17.4. The zero-order chi connectivity index (χ0) is 13.3. The van der Waals surface area contributed by atoms with Gasteiger partial charge in [0, 0.05) is 13.1 Å². The number of piperidine rings is 1. The molecule has 0 bridgehead atoms. The van der Waals surface area contributed by atoms with E-state index in [2.05, 4.69) is 10.4 Å². The van der Waals surface area contributed by atoms with Gasteiger partial charge in [-0.1, -0.05) is 6.42 Å². The fourth-order valence-electron chi connectivity index (χ4n) is 1.40. The van der Waals surface area contributed by atoms with Gasteiger partial charge in [-0.25, -0.2) is 10.1 Å². The zero-order valence-electron chi connectivity index (χ0n) is 8.79. The molecule has 1 aliphatic heterocycles. The van der Waals surface area contributed by atoms with Gasteiger partial charge in [0.2, 0.25) is 0 Å². The van der Waals surface area contributed by atoms with Gasteiger partial charge >= 0.3 is 25.3 Å². The van der Waals surface area contributed by atoms with Crippen molar-refractivity contribution in [2.45, 2.75) is 19.3 Å². The van der Waals surface area contributed by atoms with Crippen molar-refractivity contribution in [3.05, 3.63) is 0 Å². The molecule has 0 radical (unpaired) electrons. The number of hydrazine groups is 2. The zero-order valence-corrected chi connectivity index (χ0v) is 14.1. The van der Waals surface area contributed by atoms with Gasteiger partial charge in [-0.15, -0.1) is 0 Å². The second kappa shape index (κ2) is 10.4. The van der Waals surface area contributed by atoms with Gasteiger partial charge in [0.15, 0.2) is 0 Å². The van der Waals surface area contributed by atoms with Crippen molar-refractivity contribution in [1.82, 2.24) is 15.6 Å². The van der Waals surface area contributed by atoms with Crippen molar-refractivity contribution in [3.8, 4) is 0 Å². The van der Waals surface area contributed by atoms with E-state index in [1.807, 2.05) is 0 Å². The Bertz CT molecular complexity index is 305. The van der Waals surface area contributed by atoms with Gasteiger partial charge in [-0.2, -0.15) is 0 Å². The maximum atomic E-state index is 8.50. The molecule has 0 aromatic heterocycles. The van der Waals surface area contributed by atoms with Gasteiger partial charge in [-0.05, 0) is 21.5 Å². The Morgan fingerprint density at radius 1 is 1.18 bits per heavy atom. The molecule has 0 atom stereocenters. The SMILES string of the molecule is S=C([S-])NN(C(=S)[S-])N1CCCCC1.[O]=[Mo+2]=[O]. The second-order valence-corrected chi connectivity index (χ2v) is 5.50. The number of nitrogens with one attached hydrogen (secondary N) is 1. The summed E-state index contributed by atoms with van der Waals surface area (Å²) in [6.07, 6.45) is 3.56. The predicted molar refractivity (Wildman–Crippen MR) is 71.7 cm³/mol. The van der Waals surface area contributed by atoms with Crippen LogP contribution in [-0.2, 0) is 50.5 Å². The quantitative estimate of drug-likeness (QED) is 0.299. The molecule has 5 nitrogen and oxygen atoms in total. The normalized spacial score (nSPS) is 14.8. The Balaban J connectivity index is 0.000000770. The molecular weight excluding hydrogens is 382 g/mol. The summed E-state index contributed by atoms with van der Waals surface area (Å²) in [4.78, 5) is 0. The first-order valence-electron chi connectivity index (χ1n) is 4.68. The minimum absolute atomic E-state index is 0.266. The second-order valence-electron chi connectivity index (χ2n) is 3.06. The molecule has 0 aromatic rings. The van der Waals surface area contributed by atoms with Gasteiger partial charge < -0.3 is 55.1 Å². The number of thiocarbonyl (C=S) groups is 2. The van der Waals surface area contributed by atoms with E-state index in [1.54, 1.807) is 5.12 Å². The molecule has 0 amide bonds. The van der Waals surface area contributed by atoms with Crippen molar-refractivity contribution < 1.29 is 25.3 Å². The summed E-state index contributed by atoms with van der Waals surface area (Å²) in [5, 5.41) is 3.66. The summed E-state index contributed by atoms with van der Waals surface area (Å²) in [6, 6.07) is 0. The van der Waals surface area contributed by atoms with Crippen LogP contribution in [0.5, 0.6) is 0 Å². The van der Waals surface area contributed by atoms with Gasteiger partial charge in [0.25, 0.3) is 0 Å². The first kappa shape index (κ1) is 17.5. The molecule has 1 saturated heterocycles. The van der Waals surface area contributed by atoms with Crippen LogP contribution in [0.1, 0.15) is 19.3 Å². The summed E-state index contributed by atoms with van der Waals surface area (Å²) in [6.45, 7) is 1.89. The van der Waals surface area contributed by atoms with Crippen molar-refractivity contribution in [1.29, 1.82) is 0 Å². The topological polar surface area (TPSA) is 52.6 Å². The van der Waals surface area contributed by atoms with E-state index in [-0.39, 0.29) is 4.32 Å². The number of nitrogens with zero attached hydrogens (tertiary/aromatic N) is 2. The van der Waals surface area contributed by atoms with Crippen LogP contribution in [0.4, 0.5) is 0 Å². The van der Waals surface area contributed by atoms with E-state index in [9.17, 15) is 0 Å². The summed E-state index contributed by atoms with van der Waals surface area (Å²) in [5.74, 6) is 0. The third kappa shape index (κ3) is 8.23. The molecule has 0 spiro atoms. The van der Waals surface area contributed by atoms with Crippen LogP contribution in [0.15, 0.2) is 0 Å². The Hall–Kier alpha value is 0.468. The van der Waals surface area contributed by atoms with E-state index in [0.29, 0.717) is 4.32 Å². The standard InChI is InChI=1S/C7H13N3S4.Mo.2O/c11-6(12)8-10(7(13)14)9-4-2-1-3-5-9;;;/h1-5H2,(H,13,14)(H2,8,11,12);;;/q;+2;;/p-2. The molecule has 0 aromatic carbocycles. The maximum absolute atomic E-state index is 8.50. The van der Waals surface area contributed by atoms with Gasteiger partial charge in [0.05, 0.1) is 0 Å². The molecule has 96 valence electrons. The summed E-state index contributed by atoms with van der Waals surface area (Å²) in [7, 11) is 0. The molecule has 10 heteroatoms.